The summed E-state index contributed by atoms with van der Waals surface area (Å²) in [6.45, 7) is 0. The Balaban J connectivity index is -0.00000000300. The summed E-state index contributed by atoms with van der Waals surface area (Å²) in [5.74, 6) is 0. The van der Waals surface area contributed by atoms with Gasteiger partial charge in [-0.05, 0) is 0 Å². The van der Waals surface area contributed by atoms with E-state index in [4.69, 9.17) is 14.1 Å². The van der Waals surface area contributed by atoms with Crippen molar-refractivity contribution in [1.29, 1.82) is 0 Å². The van der Waals surface area contributed by atoms with E-state index in [1.54, 1.807) is 0 Å². The summed E-state index contributed by atoms with van der Waals surface area (Å²) in [6, 6.07) is 0. The summed E-state index contributed by atoms with van der Waals surface area (Å²) in [6.07, 6.45) is 0. The summed E-state index contributed by atoms with van der Waals surface area (Å²) in [4.78, 5) is 14.3. The zero-order valence-corrected chi connectivity index (χ0v) is 3.30. The molecule has 0 atom stereocenters. The predicted molar refractivity (Wildman–Crippen MR) is 55.8 cm³/mol. The normalized spacial score (nSPS) is 2.40. The Labute approximate surface area is 214 Å². The minimum absolute atomic E-state index is 0. The van der Waals surface area contributed by atoms with Gasteiger partial charge >= 0.3 is 184 Å². The second-order valence-corrected chi connectivity index (χ2v) is 0.848. The van der Waals surface area contributed by atoms with Gasteiger partial charge in [-0.15, -0.1) is 0 Å². The van der Waals surface area contributed by atoms with Crippen LogP contribution in [0.15, 0.2) is 0 Å². The van der Waals surface area contributed by atoms with E-state index in [2.05, 4.69) is 0 Å². The van der Waals surface area contributed by atoms with Crippen molar-refractivity contribution in [2.45, 2.75) is 0 Å². The molecule has 0 spiro atoms. The Morgan fingerprint density at radius 2 is 1.20 bits per heavy atom. The van der Waals surface area contributed by atoms with Crippen molar-refractivity contribution < 1.29 is 19.5 Å². The molecular weight excluding hydrogens is 406 g/mol. The van der Waals surface area contributed by atoms with E-state index in [0.29, 0.717) is 0 Å². The zero-order valence-electron chi connectivity index (χ0n) is 2.30. The van der Waals surface area contributed by atoms with Crippen molar-refractivity contribution in [1.82, 2.24) is 0 Å². The quantitative estimate of drug-likeness (QED) is 0.383. The fourth-order valence-electron chi connectivity index (χ4n) is 0. The van der Waals surface area contributed by atoms with E-state index >= 15 is 0 Å². The molecule has 0 saturated heterocycles. The van der Waals surface area contributed by atoms with Crippen molar-refractivity contribution in [3.05, 3.63) is 0 Å². The van der Waals surface area contributed by atoms with Crippen molar-refractivity contribution in [2.24, 2.45) is 0 Å². The zero-order chi connectivity index (χ0) is 3.58. The standard InChI is InChI=1S/Al.Ba.K.Na.H2O3Si.H2O.Sr.9H/c;;;;1-4(2)3;;;;;;;;;;;/h;;;;1-2H;1H2;;;;;;;;;;. The molecule has 50 valence electrons. The van der Waals surface area contributed by atoms with E-state index < -0.39 is 9.17 Å². The van der Waals surface area contributed by atoms with Crippen LogP contribution in [-0.2, 0) is 4.46 Å². The van der Waals surface area contributed by atoms with Gasteiger partial charge in [-0.1, -0.05) is 0 Å². The minimum atomic E-state index is -3.13. The van der Waals surface area contributed by atoms with Crippen molar-refractivity contribution in [3.63, 3.8) is 0 Å². The van der Waals surface area contributed by atoms with Gasteiger partial charge in [-0.2, -0.15) is 0 Å². The first kappa shape index (κ1) is 44.7. The maximum atomic E-state index is 8.74. The van der Waals surface area contributed by atoms with Crippen molar-refractivity contribution in [2.75, 3.05) is 0 Å². The average molecular weight is 419 g/mol. The van der Waals surface area contributed by atoms with E-state index in [1.807, 2.05) is 0 Å². The van der Waals surface area contributed by atoms with Gasteiger partial charge in [0, 0.05) is 0 Å². The molecule has 0 aromatic heterocycles. The molecule has 0 unspecified atom stereocenters. The van der Waals surface area contributed by atoms with Gasteiger partial charge in [0.25, 0.3) is 0 Å². The number of rotatable bonds is 0. The molecule has 0 aromatic carbocycles. The van der Waals surface area contributed by atoms with E-state index in [1.165, 1.54) is 0 Å². The van der Waals surface area contributed by atoms with Crippen LogP contribution in [0.3, 0.4) is 0 Å². The van der Waals surface area contributed by atoms with Gasteiger partial charge < -0.3 is 15.1 Å². The molecule has 0 aromatic rings. The van der Waals surface area contributed by atoms with E-state index in [0.717, 1.165) is 0 Å². The van der Waals surface area contributed by atoms with Crippen LogP contribution >= 0.6 is 0 Å². The van der Waals surface area contributed by atoms with Crippen LogP contribution in [0.2, 0.25) is 0 Å². The molecule has 0 fully saturated rings. The van der Waals surface area contributed by atoms with E-state index in [-0.39, 0.29) is 198 Å². The molecule has 0 aliphatic carbocycles. The molecule has 4 N–H and O–H groups in total. The van der Waals surface area contributed by atoms with Crippen LogP contribution in [-0.4, -0.2) is 217 Å². The van der Waals surface area contributed by atoms with Gasteiger partial charge in [0.2, 0.25) is 0 Å². The van der Waals surface area contributed by atoms with Crippen LogP contribution in [0.1, 0.15) is 0 Å². The van der Waals surface area contributed by atoms with Crippen molar-refractivity contribution in [3.8, 4) is 0 Å². The third-order valence-corrected chi connectivity index (χ3v) is 0. The fraction of sp³-hybridized carbons (Fsp3) is 0. The van der Waals surface area contributed by atoms with Crippen LogP contribution in [0, 0.1) is 0 Å². The van der Waals surface area contributed by atoms with Gasteiger partial charge in [0.1, 0.15) is 0 Å². The Bertz CT molecular complexity index is 48.2. The second kappa shape index (κ2) is 36.4. The van der Waals surface area contributed by atoms with Crippen LogP contribution in [0.5, 0.6) is 0 Å². The van der Waals surface area contributed by atoms with Crippen LogP contribution < -0.4 is 0 Å². The molecule has 0 aliphatic heterocycles. The Morgan fingerprint density at radius 1 is 1.20 bits per heavy atom. The third kappa shape index (κ3) is 67.2. The molecule has 0 heterocycles. The summed E-state index contributed by atoms with van der Waals surface area (Å²) in [5.41, 5.74) is 0. The summed E-state index contributed by atoms with van der Waals surface area (Å²) >= 11 is 0. The molecule has 0 saturated carbocycles. The third-order valence-electron chi connectivity index (χ3n) is 0. The first-order valence-corrected chi connectivity index (χ1v) is 1.95. The Morgan fingerprint density at radius 3 is 1.20 bits per heavy atom. The predicted octanol–water partition coefficient (Wildman–Crippen LogP) is -6.75. The molecule has 0 radical (unpaired) electrons. The molecule has 0 aliphatic rings. The van der Waals surface area contributed by atoms with Gasteiger partial charge in [0.15, 0.2) is 17.4 Å². The maximum absolute atomic E-state index is 8.74. The SMILES string of the molecule is O.O=[Si](O)O.[AlH3].[BaH2].[KH].[NaH].[SrH2]. The molecule has 0 rings (SSSR count). The average Bonchev–Trinajstić information content (AvgIpc) is 0.811. The number of hydrogen-bond donors (Lipinski definition) is 2. The van der Waals surface area contributed by atoms with Gasteiger partial charge in [0.05, 0.1) is 0 Å². The molecule has 10 heteroatoms. The van der Waals surface area contributed by atoms with Gasteiger partial charge in [-0.25, -0.2) is 0 Å². The monoisotopic (exact) mass is 420 g/mol. The molecule has 0 bridgehead atoms. The molecule has 0 amide bonds. The molecular formula is H13AlBaKNaO4SiSr. The van der Waals surface area contributed by atoms with Crippen LogP contribution in [0.4, 0.5) is 0 Å². The number of hydrogen-bond acceptors (Lipinski definition) is 1. The first-order chi connectivity index (χ1) is 1.73. The molecule has 10 heavy (non-hydrogen) atoms. The fourth-order valence-corrected chi connectivity index (χ4v) is 0. The molecule has 4 nitrogen and oxygen atoms in total. The topological polar surface area (TPSA) is 89.0 Å². The van der Waals surface area contributed by atoms with Crippen LogP contribution in [0.25, 0.3) is 0 Å². The van der Waals surface area contributed by atoms with Gasteiger partial charge in [-0.3, -0.25) is 4.46 Å². The summed E-state index contributed by atoms with van der Waals surface area (Å²) in [5, 5.41) is 0. The summed E-state index contributed by atoms with van der Waals surface area (Å²) in [7, 11) is -3.13. The van der Waals surface area contributed by atoms with Crippen molar-refractivity contribution >= 4 is 202 Å². The summed E-state index contributed by atoms with van der Waals surface area (Å²) < 4.78 is 8.74. The van der Waals surface area contributed by atoms with E-state index in [9.17, 15) is 0 Å². The Hall–Kier alpha value is 5.80. The second-order valence-electron chi connectivity index (χ2n) is 0.283. The Kier molecular flexibility index (Phi) is 163. The first-order valence-electron chi connectivity index (χ1n) is 0.651.